The van der Waals surface area contributed by atoms with Crippen molar-refractivity contribution in [3.63, 3.8) is 0 Å². The number of hydrogen-bond donors (Lipinski definition) is 0. The van der Waals surface area contributed by atoms with Gasteiger partial charge < -0.3 is 0 Å². The highest BCUT2D eigenvalue weighted by Gasteiger charge is 1.86. The van der Waals surface area contributed by atoms with Gasteiger partial charge in [-0.3, -0.25) is 0 Å². The third-order valence-corrected chi connectivity index (χ3v) is 1.92. The van der Waals surface area contributed by atoms with Gasteiger partial charge in [-0.25, -0.2) is 0 Å². The molecular formula is C4H10ClP. The molecule has 0 aromatic rings. The second-order valence-electron chi connectivity index (χ2n) is 1.73. The van der Waals surface area contributed by atoms with Crippen LogP contribution in [0.1, 0.15) is 13.8 Å². The second kappa shape index (κ2) is 3.89. The Kier molecular flexibility index (Phi) is 4.36. The molecule has 38 valence electrons. The summed E-state index contributed by atoms with van der Waals surface area (Å²) in [5.41, 5.74) is 0. The third kappa shape index (κ3) is 4.72. The molecule has 0 radical (unpaired) electrons. The van der Waals surface area contributed by atoms with Crippen LogP contribution in [-0.2, 0) is 0 Å². The first kappa shape index (κ1) is 6.72. The molecule has 0 bridgehead atoms. The van der Waals surface area contributed by atoms with Crippen LogP contribution in [0, 0.1) is 5.92 Å². The van der Waals surface area contributed by atoms with Gasteiger partial charge in [-0.1, -0.05) is 13.8 Å². The zero-order valence-corrected chi connectivity index (χ0v) is 5.92. The fourth-order valence-electron chi connectivity index (χ4n) is 0.154. The fraction of sp³-hybridized carbons (Fsp3) is 1.00. The molecule has 0 aliphatic heterocycles. The van der Waals surface area contributed by atoms with Gasteiger partial charge in [0, 0.05) is 0 Å². The van der Waals surface area contributed by atoms with Gasteiger partial charge in [0.15, 0.2) is 0 Å². The Morgan fingerprint density at radius 2 is 2.17 bits per heavy atom. The highest BCUT2D eigenvalue weighted by atomic mass is 35.7. The highest BCUT2D eigenvalue weighted by Crippen LogP contribution is 2.18. The number of hydrogen-bond acceptors (Lipinski definition) is 0. The van der Waals surface area contributed by atoms with E-state index in [-0.39, 0.29) is 0 Å². The first-order chi connectivity index (χ1) is 2.77. The van der Waals surface area contributed by atoms with E-state index in [1.54, 1.807) is 0 Å². The molecule has 0 aromatic carbocycles. The summed E-state index contributed by atoms with van der Waals surface area (Å²) in [5, 5.41) is 0. The van der Waals surface area contributed by atoms with E-state index in [4.69, 9.17) is 11.2 Å². The SMILES string of the molecule is CC(C)CPCl. The van der Waals surface area contributed by atoms with Crippen LogP contribution in [0.15, 0.2) is 0 Å². The van der Waals surface area contributed by atoms with Crippen LogP contribution in [0.3, 0.4) is 0 Å². The van der Waals surface area contributed by atoms with E-state index in [1.165, 1.54) is 6.16 Å². The minimum atomic E-state index is 0.610. The summed E-state index contributed by atoms with van der Waals surface area (Å²) in [7, 11) is 0.610. The molecule has 1 atom stereocenters. The Balaban J connectivity index is 2.63. The largest absolute Gasteiger partial charge is 0.100 e. The van der Waals surface area contributed by atoms with Gasteiger partial charge in [0.25, 0.3) is 0 Å². The summed E-state index contributed by atoms with van der Waals surface area (Å²) in [5.74, 6) is 0.779. The first-order valence-electron chi connectivity index (χ1n) is 2.11. The molecule has 0 saturated carbocycles. The topological polar surface area (TPSA) is 0 Å². The average molecular weight is 125 g/mol. The van der Waals surface area contributed by atoms with Crippen molar-refractivity contribution in [3.05, 3.63) is 0 Å². The number of rotatable bonds is 2. The Hall–Kier alpha value is 0.720. The van der Waals surface area contributed by atoms with E-state index in [9.17, 15) is 0 Å². The van der Waals surface area contributed by atoms with E-state index in [0.29, 0.717) is 7.93 Å². The summed E-state index contributed by atoms with van der Waals surface area (Å²) in [6.45, 7) is 4.35. The van der Waals surface area contributed by atoms with Crippen molar-refractivity contribution in [2.75, 3.05) is 6.16 Å². The lowest BCUT2D eigenvalue weighted by Gasteiger charge is -1.94. The van der Waals surface area contributed by atoms with Crippen molar-refractivity contribution in [1.29, 1.82) is 0 Å². The standard InChI is InChI=1S/C4H10ClP/c1-4(2)3-6-5/h4,6H,3H2,1-2H3. The molecule has 0 aromatic heterocycles. The van der Waals surface area contributed by atoms with Crippen molar-refractivity contribution in [2.24, 2.45) is 5.92 Å². The van der Waals surface area contributed by atoms with Crippen LogP contribution < -0.4 is 0 Å². The lowest BCUT2D eigenvalue weighted by atomic mass is 10.3. The molecule has 0 amide bonds. The van der Waals surface area contributed by atoms with Gasteiger partial charge in [0.1, 0.15) is 0 Å². The van der Waals surface area contributed by atoms with E-state index < -0.39 is 0 Å². The average Bonchev–Trinajstić information content (AvgIpc) is 1.35. The normalized spacial score (nSPS) is 12.0. The maximum atomic E-state index is 5.42. The van der Waals surface area contributed by atoms with Crippen molar-refractivity contribution < 1.29 is 0 Å². The van der Waals surface area contributed by atoms with Crippen LogP contribution in [0.4, 0.5) is 0 Å². The molecule has 0 rings (SSSR count). The zero-order valence-electron chi connectivity index (χ0n) is 4.16. The minimum absolute atomic E-state index is 0.610. The summed E-state index contributed by atoms with van der Waals surface area (Å²) in [6.07, 6.45) is 1.17. The molecule has 0 spiro atoms. The van der Waals surface area contributed by atoms with E-state index in [0.717, 1.165) is 5.92 Å². The Bertz CT molecular complexity index is 28.7. The van der Waals surface area contributed by atoms with Gasteiger partial charge in [-0.05, 0) is 20.0 Å². The molecule has 0 fully saturated rings. The van der Waals surface area contributed by atoms with Crippen LogP contribution >= 0.6 is 19.2 Å². The lowest BCUT2D eigenvalue weighted by molar-refractivity contribution is 0.750. The van der Waals surface area contributed by atoms with Crippen LogP contribution in [0.25, 0.3) is 0 Å². The van der Waals surface area contributed by atoms with Crippen molar-refractivity contribution in [1.82, 2.24) is 0 Å². The monoisotopic (exact) mass is 124 g/mol. The number of halogens is 1. The molecule has 0 aliphatic carbocycles. The maximum Gasteiger partial charge on any atom is -0.0191 e. The van der Waals surface area contributed by atoms with Crippen LogP contribution in [0.2, 0.25) is 0 Å². The van der Waals surface area contributed by atoms with Gasteiger partial charge in [0.2, 0.25) is 0 Å². The van der Waals surface area contributed by atoms with Crippen molar-refractivity contribution >= 4 is 19.2 Å². The smallest absolute Gasteiger partial charge is 0.0191 e. The Morgan fingerprint density at radius 1 is 1.67 bits per heavy atom. The highest BCUT2D eigenvalue weighted by molar-refractivity contribution is 7.68. The summed E-state index contributed by atoms with van der Waals surface area (Å²) in [6, 6.07) is 0. The lowest BCUT2D eigenvalue weighted by Crippen LogP contribution is -1.84. The Morgan fingerprint density at radius 3 is 2.17 bits per heavy atom. The molecule has 0 N–H and O–H groups in total. The predicted octanol–water partition coefficient (Wildman–Crippen LogP) is 2.47. The van der Waals surface area contributed by atoms with Crippen molar-refractivity contribution in [2.45, 2.75) is 13.8 Å². The zero-order chi connectivity index (χ0) is 4.99. The second-order valence-corrected chi connectivity index (χ2v) is 3.21. The van der Waals surface area contributed by atoms with E-state index in [1.807, 2.05) is 0 Å². The minimum Gasteiger partial charge on any atom is -0.100 e. The maximum absolute atomic E-state index is 5.42. The molecule has 0 nitrogen and oxygen atoms in total. The van der Waals surface area contributed by atoms with E-state index >= 15 is 0 Å². The molecule has 0 heterocycles. The van der Waals surface area contributed by atoms with Crippen LogP contribution in [0.5, 0.6) is 0 Å². The summed E-state index contributed by atoms with van der Waals surface area (Å²) in [4.78, 5) is 0. The third-order valence-electron chi connectivity index (χ3n) is 0.485. The first-order valence-corrected chi connectivity index (χ1v) is 4.32. The van der Waals surface area contributed by atoms with E-state index in [2.05, 4.69) is 13.8 Å². The van der Waals surface area contributed by atoms with Crippen LogP contribution in [-0.4, -0.2) is 6.16 Å². The molecule has 2 heteroatoms. The molecule has 0 saturated heterocycles. The van der Waals surface area contributed by atoms with Gasteiger partial charge in [0.05, 0.1) is 0 Å². The van der Waals surface area contributed by atoms with Gasteiger partial charge in [-0.2, -0.15) is 0 Å². The summed E-state index contributed by atoms with van der Waals surface area (Å²) >= 11 is 5.42. The molecule has 6 heavy (non-hydrogen) atoms. The van der Waals surface area contributed by atoms with Crippen molar-refractivity contribution in [3.8, 4) is 0 Å². The molecule has 1 unspecified atom stereocenters. The quantitative estimate of drug-likeness (QED) is 0.496. The molecule has 0 aliphatic rings. The molecular weight excluding hydrogens is 114 g/mol. The Labute approximate surface area is 45.8 Å². The van der Waals surface area contributed by atoms with Gasteiger partial charge >= 0.3 is 0 Å². The predicted molar refractivity (Wildman–Crippen MR) is 33.9 cm³/mol. The van der Waals surface area contributed by atoms with Gasteiger partial charge in [-0.15, -0.1) is 11.2 Å². The summed E-state index contributed by atoms with van der Waals surface area (Å²) < 4.78 is 0. The fourth-order valence-corrected chi connectivity index (χ4v) is 1.39.